The first kappa shape index (κ1) is 11.0. The Morgan fingerprint density at radius 3 is 2.29 bits per heavy atom. The van der Waals surface area contributed by atoms with E-state index in [1.807, 2.05) is 0 Å². The van der Waals surface area contributed by atoms with Crippen LogP contribution in [0.4, 0.5) is 0 Å². The zero-order valence-corrected chi connectivity index (χ0v) is 11.6. The molecule has 0 N–H and O–H groups in total. The summed E-state index contributed by atoms with van der Waals surface area (Å²) >= 11 is 0. The first-order valence-electron chi connectivity index (χ1n) is 7.33. The van der Waals surface area contributed by atoms with Gasteiger partial charge in [-0.05, 0) is 34.4 Å². The van der Waals surface area contributed by atoms with Crippen molar-refractivity contribution in [2.45, 2.75) is 6.54 Å². The van der Waals surface area contributed by atoms with Crippen LogP contribution in [-0.2, 0) is 6.54 Å². The molecule has 1 aromatic heterocycles. The van der Waals surface area contributed by atoms with Crippen LogP contribution in [0.25, 0.3) is 32.8 Å². The Morgan fingerprint density at radius 2 is 1.43 bits per heavy atom. The number of fused-ring (bicyclic) bond motifs is 6. The van der Waals surface area contributed by atoms with Gasteiger partial charge in [0, 0.05) is 11.6 Å². The van der Waals surface area contributed by atoms with Gasteiger partial charge in [0.1, 0.15) is 0 Å². The average Bonchev–Trinajstić information content (AvgIpc) is 2.90. The van der Waals surface area contributed by atoms with Crippen LogP contribution in [0.3, 0.4) is 0 Å². The topological polar surface area (TPSA) is 3.88 Å². The van der Waals surface area contributed by atoms with Gasteiger partial charge in [0.05, 0.1) is 10.9 Å². The molecule has 1 aliphatic rings. The molecule has 1 aliphatic heterocycles. The summed E-state index contributed by atoms with van der Waals surface area (Å²) in [7, 11) is 0. The Balaban J connectivity index is 1.92. The van der Waals surface area contributed by atoms with Crippen molar-refractivity contribution in [3.8, 4) is 11.3 Å². The number of rotatable bonds is 0. The van der Waals surface area contributed by atoms with E-state index < -0.39 is 0 Å². The van der Waals surface area contributed by atoms with Crippen molar-refractivity contribution >= 4 is 21.5 Å². The summed E-state index contributed by atoms with van der Waals surface area (Å²) < 4.78 is 2.37. The maximum absolute atomic E-state index is 2.37. The van der Waals surface area contributed by atoms with Crippen LogP contribution in [0.1, 0.15) is 5.56 Å². The summed E-state index contributed by atoms with van der Waals surface area (Å²) in [6.45, 7) is 0.973. The molecule has 0 saturated carbocycles. The van der Waals surface area contributed by atoms with Crippen molar-refractivity contribution in [2.75, 3.05) is 0 Å². The number of nitrogens with zero attached hydrogens (tertiary/aromatic N) is 1. The molecule has 5 rings (SSSR count). The smallest absolute Gasteiger partial charge is 0.193 e. The Hall–Kier alpha value is -2.67. The molecule has 3 aromatic carbocycles. The number of hydrogen-bond acceptors (Lipinski definition) is 0. The standard InChI is InChI=1S/C20H14N/c1-2-7-16-12-19-17(11-15(16)6-1)13-21-10-9-14-5-3-4-8-18(14)20(19)21/h1-12H,13H2/q+1. The normalized spacial score (nSPS) is 12.6. The lowest BCUT2D eigenvalue weighted by atomic mass is 9.98. The molecule has 1 nitrogen and oxygen atoms in total. The minimum atomic E-state index is 0.973. The van der Waals surface area contributed by atoms with Crippen molar-refractivity contribution in [1.29, 1.82) is 0 Å². The van der Waals surface area contributed by atoms with E-state index in [0.717, 1.165) is 6.54 Å². The molecule has 0 unspecified atom stereocenters. The quantitative estimate of drug-likeness (QED) is 0.368. The summed E-state index contributed by atoms with van der Waals surface area (Å²) in [6, 6.07) is 24.2. The molecule has 0 bridgehead atoms. The molecule has 2 heterocycles. The predicted molar refractivity (Wildman–Crippen MR) is 86.2 cm³/mol. The maximum atomic E-state index is 2.37. The molecule has 0 saturated heterocycles. The van der Waals surface area contributed by atoms with E-state index in [2.05, 4.69) is 77.5 Å². The van der Waals surface area contributed by atoms with Crippen LogP contribution in [-0.4, -0.2) is 0 Å². The molecule has 0 fully saturated rings. The van der Waals surface area contributed by atoms with Gasteiger partial charge in [0.2, 0.25) is 5.69 Å². The van der Waals surface area contributed by atoms with Crippen molar-refractivity contribution in [1.82, 2.24) is 0 Å². The van der Waals surface area contributed by atoms with Crippen LogP contribution >= 0.6 is 0 Å². The number of aromatic nitrogens is 1. The lowest BCUT2D eigenvalue weighted by molar-refractivity contribution is -0.671. The third kappa shape index (κ3) is 1.49. The lowest BCUT2D eigenvalue weighted by Crippen LogP contribution is -2.31. The zero-order chi connectivity index (χ0) is 13.8. The highest BCUT2D eigenvalue weighted by Crippen LogP contribution is 2.34. The van der Waals surface area contributed by atoms with Crippen molar-refractivity contribution in [3.05, 3.63) is 78.5 Å². The van der Waals surface area contributed by atoms with E-state index in [1.54, 1.807) is 0 Å². The fraction of sp³-hybridized carbons (Fsp3) is 0.0500. The molecular weight excluding hydrogens is 254 g/mol. The van der Waals surface area contributed by atoms with Gasteiger partial charge in [-0.1, -0.05) is 42.5 Å². The van der Waals surface area contributed by atoms with Crippen molar-refractivity contribution in [3.63, 3.8) is 0 Å². The summed E-state index contributed by atoms with van der Waals surface area (Å²) in [6.07, 6.45) is 2.21. The van der Waals surface area contributed by atoms with Crippen LogP contribution in [0.15, 0.2) is 72.9 Å². The van der Waals surface area contributed by atoms with Gasteiger partial charge in [-0.3, -0.25) is 0 Å². The van der Waals surface area contributed by atoms with E-state index in [0.29, 0.717) is 0 Å². The largest absolute Gasteiger partial charge is 0.221 e. The highest BCUT2D eigenvalue weighted by Gasteiger charge is 2.28. The van der Waals surface area contributed by atoms with Gasteiger partial charge in [-0.2, -0.15) is 4.57 Å². The predicted octanol–water partition coefficient (Wildman–Crippen LogP) is 4.31. The lowest BCUT2D eigenvalue weighted by Gasteiger charge is -2.02. The monoisotopic (exact) mass is 268 g/mol. The summed E-state index contributed by atoms with van der Waals surface area (Å²) in [5, 5.41) is 5.30. The average molecular weight is 268 g/mol. The Bertz CT molecular complexity index is 1010. The first-order valence-corrected chi connectivity index (χ1v) is 7.33. The number of hydrogen-bond donors (Lipinski definition) is 0. The SMILES string of the molecule is c1ccc2cc3c(cc2c1)C[n+]1ccc2ccccc2c1-3. The second-order valence-corrected chi connectivity index (χ2v) is 5.74. The number of pyridine rings is 1. The van der Waals surface area contributed by atoms with E-state index in [9.17, 15) is 0 Å². The van der Waals surface area contributed by atoms with Gasteiger partial charge in [-0.25, -0.2) is 0 Å². The Morgan fingerprint density at radius 1 is 0.714 bits per heavy atom. The van der Waals surface area contributed by atoms with E-state index in [-0.39, 0.29) is 0 Å². The molecular formula is C20H14N+. The fourth-order valence-electron chi connectivity index (χ4n) is 3.51. The zero-order valence-electron chi connectivity index (χ0n) is 11.6. The second kappa shape index (κ2) is 3.92. The van der Waals surface area contributed by atoms with Gasteiger partial charge in [0.25, 0.3) is 0 Å². The number of benzene rings is 3. The van der Waals surface area contributed by atoms with Crippen molar-refractivity contribution < 1.29 is 4.57 Å². The first-order chi connectivity index (χ1) is 10.4. The van der Waals surface area contributed by atoms with Crippen LogP contribution in [0, 0.1) is 0 Å². The third-order valence-corrected chi connectivity index (χ3v) is 4.50. The second-order valence-electron chi connectivity index (χ2n) is 5.74. The van der Waals surface area contributed by atoms with E-state index in [1.165, 1.54) is 38.4 Å². The van der Waals surface area contributed by atoms with Gasteiger partial charge >= 0.3 is 0 Å². The third-order valence-electron chi connectivity index (χ3n) is 4.50. The summed E-state index contributed by atoms with van der Waals surface area (Å²) in [5.41, 5.74) is 4.16. The van der Waals surface area contributed by atoms with Gasteiger partial charge < -0.3 is 0 Å². The molecule has 0 aliphatic carbocycles. The summed E-state index contributed by atoms with van der Waals surface area (Å²) in [5.74, 6) is 0. The molecule has 0 amide bonds. The van der Waals surface area contributed by atoms with Crippen LogP contribution in [0.2, 0.25) is 0 Å². The maximum Gasteiger partial charge on any atom is 0.221 e. The van der Waals surface area contributed by atoms with Gasteiger partial charge in [0.15, 0.2) is 12.7 Å². The molecule has 98 valence electrons. The fourth-order valence-corrected chi connectivity index (χ4v) is 3.51. The molecule has 21 heavy (non-hydrogen) atoms. The van der Waals surface area contributed by atoms with Crippen molar-refractivity contribution in [2.24, 2.45) is 0 Å². The van der Waals surface area contributed by atoms with Crippen LogP contribution < -0.4 is 4.57 Å². The minimum Gasteiger partial charge on any atom is -0.193 e. The van der Waals surface area contributed by atoms with Crippen LogP contribution in [0.5, 0.6) is 0 Å². The molecule has 1 heteroatoms. The highest BCUT2D eigenvalue weighted by molar-refractivity contribution is 5.97. The minimum absolute atomic E-state index is 0.973. The highest BCUT2D eigenvalue weighted by atomic mass is 15.0. The molecule has 0 radical (unpaired) electrons. The summed E-state index contributed by atoms with van der Waals surface area (Å²) in [4.78, 5) is 0. The Kier molecular flexibility index (Phi) is 2.06. The molecule has 4 aromatic rings. The van der Waals surface area contributed by atoms with Gasteiger partial charge in [-0.15, -0.1) is 0 Å². The van der Waals surface area contributed by atoms with E-state index >= 15 is 0 Å². The molecule has 0 spiro atoms. The molecule has 0 atom stereocenters. The Labute approximate surface area is 123 Å². The van der Waals surface area contributed by atoms with E-state index in [4.69, 9.17) is 0 Å².